The van der Waals surface area contributed by atoms with Gasteiger partial charge in [0.05, 0.1) is 11.6 Å². The quantitative estimate of drug-likeness (QED) is 0.794. The first-order valence-electron chi connectivity index (χ1n) is 7.28. The van der Waals surface area contributed by atoms with Crippen LogP contribution < -0.4 is 15.7 Å². The molecule has 1 heterocycles. The summed E-state index contributed by atoms with van der Waals surface area (Å²) in [6.45, 7) is 0.126. The molecule has 0 bridgehead atoms. The predicted molar refractivity (Wildman–Crippen MR) is 82.0 cm³/mol. The normalized spacial score (nSPS) is 13.5. The minimum absolute atomic E-state index is 0.256. The van der Waals surface area contributed by atoms with Crippen LogP contribution in [-0.2, 0) is 0 Å². The predicted octanol–water partition coefficient (Wildman–Crippen LogP) is 0.799. The van der Waals surface area contributed by atoms with Crippen LogP contribution in [0.1, 0.15) is 23.2 Å². The Balaban J connectivity index is 2.13. The SMILES string of the molecule is N#CCNC(=O)c1c(O)c2ccccc2n(OCC2CC2)c1=O. The molecule has 0 unspecified atom stereocenters. The Hall–Kier alpha value is -3.01. The van der Waals surface area contributed by atoms with E-state index in [0.29, 0.717) is 23.4 Å². The molecule has 2 N–H and O–H groups in total. The molecule has 1 aromatic heterocycles. The summed E-state index contributed by atoms with van der Waals surface area (Å²) in [4.78, 5) is 30.2. The lowest BCUT2D eigenvalue weighted by Crippen LogP contribution is -2.36. The standard InChI is InChI=1S/C16H15N3O4/c17-7-8-18-15(21)13-14(20)11-3-1-2-4-12(11)19(16(13)22)23-9-10-5-6-10/h1-4,10,20H,5-6,8-9H2,(H,18,21). The minimum Gasteiger partial charge on any atom is -0.506 e. The number of benzene rings is 1. The number of nitriles is 1. The molecular weight excluding hydrogens is 298 g/mol. The van der Waals surface area contributed by atoms with E-state index in [1.165, 1.54) is 0 Å². The fourth-order valence-electron chi connectivity index (χ4n) is 2.30. The average Bonchev–Trinajstić information content (AvgIpc) is 3.37. The number of nitrogens with zero attached hydrogens (tertiary/aromatic N) is 2. The fraction of sp³-hybridized carbons (Fsp3) is 0.312. The lowest BCUT2D eigenvalue weighted by atomic mass is 10.1. The molecule has 0 radical (unpaired) electrons. The molecule has 7 heteroatoms. The number of fused-ring (bicyclic) bond motifs is 1. The zero-order chi connectivity index (χ0) is 16.4. The highest BCUT2D eigenvalue weighted by atomic mass is 16.7. The maximum absolute atomic E-state index is 12.6. The summed E-state index contributed by atoms with van der Waals surface area (Å²) < 4.78 is 1.05. The molecule has 1 aromatic carbocycles. The second kappa shape index (κ2) is 6.01. The Morgan fingerprint density at radius 1 is 1.43 bits per heavy atom. The van der Waals surface area contributed by atoms with Gasteiger partial charge in [0.2, 0.25) is 0 Å². The maximum Gasteiger partial charge on any atom is 0.300 e. The number of aromatic hydroxyl groups is 1. The second-order valence-corrected chi connectivity index (χ2v) is 5.42. The third-order valence-corrected chi connectivity index (χ3v) is 3.70. The molecule has 1 aliphatic rings. The summed E-state index contributed by atoms with van der Waals surface area (Å²) in [7, 11) is 0. The minimum atomic E-state index is -0.802. The van der Waals surface area contributed by atoms with Crippen LogP contribution in [0.4, 0.5) is 0 Å². The first-order valence-corrected chi connectivity index (χ1v) is 7.28. The van der Waals surface area contributed by atoms with Gasteiger partial charge < -0.3 is 15.3 Å². The summed E-state index contributed by atoms with van der Waals surface area (Å²) >= 11 is 0. The first-order chi connectivity index (χ1) is 11.1. The summed E-state index contributed by atoms with van der Waals surface area (Å²) in [6.07, 6.45) is 2.11. The Morgan fingerprint density at radius 3 is 2.87 bits per heavy atom. The molecule has 0 aliphatic heterocycles. The number of hydrogen-bond donors (Lipinski definition) is 2. The average molecular weight is 313 g/mol. The molecule has 0 atom stereocenters. The molecule has 1 fully saturated rings. The van der Waals surface area contributed by atoms with E-state index in [4.69, 9.17) is 10.1 Å². The van der Waals surface area contributed by atoms with E-state index >= 15 is 0 Å². The van der Waals surface area contributed by atoms with Crippen LogP contribution in [0.25, 0.3) is 10.9 Å². The van der Waals surface area contributed by atoms with E-state index in [9.17, 15) is 14.7 Å². The molecule has 0 spiro atoms. The largest absolute Gasteiger partial charge is 0.506 e. The van der Waals surface area contributed by atoms with Crippen LogP contribution in [0.15, 0.2) is 29.1 Å². The lowest BCUT2D eigenvalue weighted by molar-refractivity contribution is 0.0914. The molecule has 7 nitrogen and oxygen atoms in total. The van der Waals surface area contributed by atoms with E-state index in [2.05, 4.69) is 5.32 Å². The molecule has 118 valence electrons. The third-order valence-electron chi connectivity index (χ3n) is 3.70. The highest BCUT2D eigenvalue weighted by Gasteiger charge is 2.26. The number of aromatic nitrogens is 1. The number of carbonyl (C=O) groups excluding carboxylic acids is 1. The molecule has 2 aromatic rings. The van der Waals surface area contributed by atoms with E-state index in [-0.39, 0.29) is 6.54 Å². The second-order valence-electron chi connectivity index (χ2n) is 5.42. The molecule has 1 aliphatic carbocycles. The smallest absolute Gasteiger partial charge is 0.300 e. The van der Waals surface area contributed by atoms with Crippen molar-refractivity contribution in [2.45, 2.75) is 12.8 Å². The van der Waals surface area contributed by atoms with Crippen molar-refractivity contribution in [3.63, 3.8) is 0 Å². The van der Waals surface area contributed by atoms with E-state index < -0.39 is 22.8 Å². The van der Waals surface area contributed by atoms with Crippen molar-refractivity contribution in [1.29, 1.82) is 5.26 Å². The number of hydrogen-bond acceptors (Lipinski definition) is 5. The molecule has 1 amide bonds. The number of pyridine rings is 1. The number of nitrogens with one attached hydrogen (secondary N) is 1. The number of carbonyl (C=O) groups is 1. The zero-order valence-corrected chi connectivity index (χ0v) is 12.3. The lowest BCUT2D eigenvalue weighted by Gasteiger charge is -2.14. The van der Waals surface area contributed by atoms with Gasteiger partial charge in [-0.15, -0.1) is 4.73 Å². The molecule has 1 saturated carbocycles. The van der Waals surface area contributed by atoms with Gasteiger partial charge in [0.1, 0.15) is 18.9 Å². The van der Waals surface area contributed by atoms with Crippen molar-refractivity contribution in [3.8, 4) is 11.8 Å². The summed E-state index contributed by atoms with van der Waals surface area (Å²) in [5.74, 6) is -0.791. The Morgan fingerprint density at radius 2 is 2.17 bits per heavy atom. The van der Waals surface area contributed by atoms with Crippen LogP contribution in [0, 0.1) is 17.2 Å². The van der Waals surface area contributed by atoms with Gasteiger partial charge >= 0.3 is 0 Å². The van der Waals surface area contributed by atoms with E-state index in [0.717, 1.165) is 17.6 Å². The van der Waals surface area contributed by atoms with Crippen molar-refractivity contribution >= 4 is 16.8 Å². The Bertz CT molecular complexity index is 862. The van der Waals surface area contributed by atoms with Crippen molar-refractivity contribution in [2.24, 2.45) is 5.92 Å². The van der Waals surface area contributed by atoms with Crippen LogP contribution >= 0.6 is 0 Å². The highest BCUT2D eigenvalue weighted by Crippen LogP contribution is 2.29. The van der Waals surface area contributed by atoms with Crippen molar-refractivity contribution in [1.82, 2.24) is 10.0 Å². The highest BCUT2D eigenvalue weighted by molar-refractivity contribution is 6.02. The van der Waals surface area contributed by atoms with Gasteiger partial charge in [-0.3, -0.25) is 9.59 Å². The van der Waals surface area contributed by atoms with Gasteiger partial charge in [-0.25, -0.2) is 0 Å². The topological polar surface area (TPSA) is 104 Å². The van der Waals surface area contributed by atoms with Gasteiger partial charge in [-0.1, -0.05) is 12.1 Å². The summed E-state index contributed by atoms with van der Waals surface area (Å²) in [5, 5.41) is 21.5. The number of rotatable bonds is 5. The molecule has 3 rings (SSSR count). The van der Waals surface area contributed by atoms with Gasteiger partial charge in [0.25, 0.3) is 11.5 Å². The van der Waals surface area contributed by atoms with Gasteiger partial charge in [0, 0.05) is 5.39 Å². The van der Waals surface area contributed by atoms with Crippen LogP contribution in [0.3, 0.4) is 0 Å². The third kappa shape index (κ3) is 2.83. The van der Waals surface area contributed by atoms with Crippen molar-refractivity contribution < 1.29 is 14.7 Å². The Kier molecular flexibility index (Phi) is 3.89. The van der Waals surface area contributed by atoms with Crippen molar-refractivity contribution in [2.75, 3.05) is 13.2 Å². The molecule has 23 heavy (non-hydrogen) atoms. The van der Waals surface area contributed by atoms with Gasteiger partial charge in [0.15, 0.2) is 5.56 Å². The number of amides is 1. The van der Waals surface area contributed by atoms with Gasteiger partial charge in [-0.2, -0.15) is 5.26 Å². The van der Waals surface area contributed by atoms with Crippen LogP contribution in [-0.4, -0.2) is 28.9 Å². The fourth-order valence-corrected chi connectivity index (χ4v) is 2.30. The van der Waals surface area contributed by atoms with Crippen LogP contribution in [0.5, 0.6) is 5.75 Å². The maximum atomic E-state index is 12.6. The van der Waals surface area contributed by atoms with Crippen LogP contribution in [0.2, 0.25) is 0 Å². The monoisotopic (exact) mass is 313 g/mol. The Labute approximate surface area is 131 Å². The summed E-state index contributed by atoms with van der Waals surface area (Å²) in [6, 6.07) is 8.40. The van der Waals surface area contributed by atoms with Gasteiger partial charge in [-0.05, 0) is 30.9 Å². The molecular formula is C16H15N3O4. The molecule has 0 saturated heterocycles. The zero-order valence-electron chi connectivity index (χ0n) is 12.3. The van der Waals surface area contributed by atoms with E-state index in [1.54, 1.807) is 30.3 Å². The van der Waals surface area contributed by atoms with E-state index in [1.807, 2.05) is 0 Å². The number of para-hydroxylation sites is 1. The van der Waals surface area contributed by atoms with Crippen molar-refractivity contribution in [3.05, 3.63) is 40.2 Å². The first kappa shape index (κ1) is 14.9. The summed E-state index contributed by atoms with van der Waals surface area (Å²) in [5.41, 5.74) is -0.764.